The highest BCUT2D eigenvalue weighted by Gasteiger charge is 2.18. The molecular formula is C12H17N3O4S. The van der Waals surface area contributed by atoms with Gasteiger partial charge in [-0.15, -0.1) is 0 Å². The van der Waals surface area contributed by atoms with Crippen LogP contribution in [0.15, 0.2) is 33.9 Å². The van der Waals surface area contributed by atoms with E-state index in [1.54, 1.807) is 10.6 Å². The molecule has 7 nitrogen and oxygen atoms in total. The maximum Gasteiger partial charge on any atom is 0.242 e. The minimum atomic E-state index is -3.64. The van der Waals surface area contributed by atoms with Gasteiger partial charge in [0.15, 0.2) is 5.76 Å². The molecule has 0 aliphatic carbocycles. The molecule has 2 aromatic rings. The Hall–Kier alpha value is -1.64. The third-order valence-electron chi connectivity index (χ3n) is 2.83. The zero-order chi connectivity index (χ0) is 14.6. The first kappa shape index (κ1) is 14.8. The van der Waals surface area contributed by atoms with Crippen LogP contribution in [-0.4, -0.2) is 23.2 Å². The highest BCUT2D eigenvalue weighted by Crippen LogP contribution is 2.15. The van der Waals surface area contributed by atoms with Crippen molar-refractivity contribution in [2.75, 3.05) is 0 Å². The van der Waals surface area contributed by atoms with Gasteiger partial charge in [0.2, 0.25) is 10.0 Å². The third-order valence-corrected chi connectivity index (χ3v) is 4.19. The van der Waals surface area contributed by atoms with Crippen molar-refractivity contribution in [2.24, 2.45) is 0 Å². The Morgan fingerprint density at radius 3 is 2.90 bits per heavy atom. The van der Waals surface area contributed by atoms with Gasteiger partial charge in [-0.25, -0.2) is 13.1 Å². The first-order valence-electron chi connectivity index (χ1n) is 6.26. The van der Waals surface area contributed by atoms with Crippen LogP contribution in [0.5, 0.6) is 0 Å². The summed E-state index contributed by atoms with van der Waals surface area (Å²) in [6.07, 6.45) is 3.83. The number of sulfonamides is 1. The van der Waals surface area contributed by atoms with Gasteiger partial charge in [0, 0.05) is 24.5 Å². The van der Waals surface area contributed by atoms with Gasteiger partial charge in [0.05, 0.1) is 24.2 Å². The van der Waals surface area contributed by atoms with Crippen LogP contribution in [0, 0.1) is 0 Å². The lowest BCUT2D eigenvalue weighted by Crippen LogP contribution is -2.22. The van der Waals surface area contributed by atoms with Gasteiger partial charge in [-0.05, 0) is 12.5 Å². The monoisotopic (exact) mass is 299 g/mol. The number of hydrogen-bond donors (Lipinski definition) is 2. The maximum atomic E-state index is 12.1. The lowest BCUT2D eigenvalue weighted by Gasteiger charge is -2.04. The van der Waals surface area contributed by atoms with Crippen molar-refractivity contribution in [3.05, 3.63) is 36.0 Å². The maximum absolute atomic E-state index is 12.1. The van der Waals surface area contributed by atoms with Crippen LogP contribution in [0.3, 0.4) is 0 Å². The minimum absolute atomic E-state index is 0.0374. The van der Waals surface area contributed by atoms with E-state index < -0.39 is 10.0 Å². The Bertz CT molecular complexity index is 646. The fourth-order valence-electron chi connectivity index (χ4n) is 1.84. The molecule has 0 aromatic carbocycles. The van der Waals surface area contributed by atoms with Gasteiger partial charge in [0.1, 0.15) is 0 Å². The lowest BCUT2D eigenvalue weighted by molar-refractivity contribution is 0.270. The fourth-order valence-corrected chi connectivity index (χ4v) is 2.89. The van der Waals surface area contributed by atoms with E-state index in [0.717, 1.165) is 6.42 Å². The molecule has 0 aliphatic heterocycles. The summed E-state index contributed by atoms with van der Waals surface area (Å²) in [4.78, 5) is 0.134. The Morgan fingerprint density at radius 1 is 1.50 bits per heavy atom. The van der Waals surface area contributed by atoms with E-state index in [0.29, 0.717) is 18.0 Å². The molecule has 2 heterocycles. The number of aliphatic hydroxyl groups excluding tert-OH is 1. The lowest BCUT2D eigenvalue weighted by atomic mass is 10.4. The van der Waals surface area contributed by atoms with Crippen molar-refractivity contribution in [1.29, 1.82) is 0 Å². The summed E-state index contributed by atoms with van der Waals surface area (Å²) in [7, 11) is -3.64. The van der Waals surface area contributed by atoms with E-state index in [2.05, 4.69) is 9.88 Å². The second kappa shape index (κ2) is 6.21. The molecule has 0 fully saturated rings. The molecule has 0 aliphatic rings. The van der Waals surface area contributed by atoms with Gasteiger partial charge < -0.3 is 14.2 Å². The number of rotatable bonds is 7. The quantitative estimate of drug-likeness (QED) is 0.790. The molecule has 2 rings (SSSR count). The van der Waals surface area contributed by atoms with Crippen molar-refractivity contribution in [3.8, 4) is 0 Å². The SMILES string of the molecule is CCCn1cc(S(=O)(=O)NCc2ccno2)cc1CO. The second-order valence-corrected chi connectivity index (χ2v) is 6.09. The molecule has 0 unspecified atom stereocenters. The highest BCUT2D eigenvalue weighted by atomic mass is 32.2. The van der Waals surface area contributed by atoms with Crippen LogP contribution in [-0.2, 0) is 29.7 Å². The summed E-state index contributed by atoms with van der Waals surface area (Å²) in [5.74, 6) is 0.434. The second-order valence-electron chi connectivity index (χ2n) is 4.32. The molecule has 2 N–H and O–H groups in total. The molecule has 0 saturated heterocycles. The van der Waals surface area contributed by atoms with Crippen LogP contribution in [0.4, 0.5) is 0 Å². The van der Waals surface area contributed by atoms with Crippen LogP contribution >= 0.6 is 0 Å². The predicted octanol–water partition coefficient (Wildman–Crippen LogP) is 0.857. The summed E-state index contributed by atoms with van der Waals surface area (Å²) >= 11 is 0. The Balaban J connectivity index is 2.16. The minimum Gasteiger partial charge on any atom is -0.390 e. The third kappa shape index (κ3) is 3.27. The first-order valence-corrected chi connectivity index (χ1v) is 7.74. The Kier molecular flexibility index (Phi) is 4.58. The topological polar surface area (TPSA) is 97.4 Å². The van der Waals surface area contributed by atoms with Gasteiger partial charge >= 0.3 is 0 Å². The van der Waals surface area contributed by atoms with E-state index >= 15 is 0 Å². The van der Waals surface area contributed by atoms with Gasteiger partial charge in [-0.2, -0.15) is 0 Å². The fraction of sp³-hybridized carbons (Fsp3) is 0.417. The van der Waals surface area contributed by atoms with E-state index in [9.17, 15) is 13.5 Å². The van der Waals surface area contributed by atoms with Crippen LogP contribution in [0.1, 0.15) is 24.8 Å². The van der Waals surface area contributed by atoms with E-state index in [1.807, 2.05) is 6.92 Å². The van der Waals surface area contributed by atoms with Crippen molar-refractivity contribution < 1.29 is 18.0 Å². The normalized spacial score (nSPS) is 11.9. The highest BCUT2D eigenvalue weighted by molar-refractivity contribution is 7.89. The molecular weight excluding hydrogens is 282 g/mol. The smallest absolute Gasteiger partial charge is 0.242 e. The molecule has 0 radical (unpaired) electrons. The van der Waals surface area contributed by atoms with Gasteiger partial charge in [-0.3, -0.25) is 0 Å². The number of aryl methyl sites for hydroxylation is 1. The van der Waals surface area contributed by atoms with E-state index in [-0.39, 0.29) is 18.0 Å². The number of hydrogen-bond acceptors (Lipinski definition) is 5. The summed E-state index contributed by atoms with van der Waals surface area (Å²) in [6.45, 7) is 2.48. The Morgan fingerprint density at radius 2 is 2.30 bits per heavy atom. The summed E-state index contributed by atoms with van der Waals surface area (Å²) in [6, 6.07) is 3.06. The van der Waals surface area contributed by atoms with E-state index in [1.165, 1.54) is 18.5 Å². The van der Waals surface area contributed by atoms with Crippen LogP contribution in [0.2, 0.25) is 0 Å². The number of aromatic nitrogens is 2. The largest absolute Gasteiger partial charge is 0.390 e. The number of aliphatic hydroxyl groups is 1. The van der Waals surface area contributed by atoms with Crippen molar-refractivity contribution in [1.82, 2.24) is 14.4 Å². The van der Waals surface area contributed by atoms with Gasteiger partial charge in [-0.1, -0.05) is 12.1 Å². The molecule has 0 saturated carbocycles. The molecule has 0 spiro atoms. The van der Waals surface area contributed by atoms with Crippen LogP contribution < -0.4 is 4.72 Å². The predicted molar refractivity (Wildman–Crippen MR) is 71.2 cm³/mol. The first-order chi connectivity index (χ1) is 9.56. The van der Waals surface area contributed by atoms with Crippen molar-refractivity contribution >= 4 is 10.0 Å². The van der Waals surface area contributed by atoms with E-state index in [4.69, 9.17) is 4.52 Å². The summed E-state index contributed by atoms with van der Waals surface area (Å²) in [5, 5.41) is 12.7. The molecule has 20 heavy (non-hydrogen) atoms. The number of nitrogens with zero attached hydrogens (tertiary/aromatic N) is 2. The van der Waals surface area contributed by atoms with Crippen molar-refractivity contribution in [2.45, 2.75) is 37.9 Å². The molecule has 2 aromatic heterocycles. The average Bonchev–Trinajstić information content (AvgIpc) is 3.06. The average molecular weight is 299 g/mol. The molecule has 0 bridgehead atoms. The van der Waals surface area contributed by atoms with Gasteiger partial charge in [0.25, 0.3) is 0 Å². The molecule has 0 atom stereocenters. The molecule has 8 heteroatoms. The number of nitrogens with one attached hydrogen (secondary N) is 1. The van der Waals surface area contributed by atoms with Crippen molar-refractivity contribution in [3.63, 3.8) is 0 Å². The molecule has 110 valence electrons. The standard InChI is InChI=1S/C12H17N3O4S/c1-2-5-15-8-12(6-10(15)9-16)20(17,18)14-7-11-3-4-13-19-11/h3-4,6,8,14,16H,2,5,7,9H2,1H3. The summed E-state index contributed by atoms with van der Waals surface area (Å²) in [5.41, 5.74) is 0.576. The Labute approximate surface area is 117 Å². The zero-order valence-electron chi connectivity index (χ0n) is 11.1. The summed E-state index contributed by atoms with van der Waals surface area (Å²) < 4.78 is 33.3. The molecule has 0 amide bonds. The zero-order valence-corrected chi connectivity index (χ0v) is 11.9. The van der Waals surface area contributed by atoms with Crippen LogP contribution in [0.25, 0.3) is 0 Å².